The second-order valence-electron chi connectivity index (χ2n) is 3.25. The Hall–Kier alpha value is -0.170. The maximum absolute atomic E-state index is 11.4. The van der Waals surface area contributed by atoms with Gasteiger partial charge in [0, 0.05) is 13.7 Å². The molecule has 0 spiro atoms. The van der Waals surface area contributed by atoms with Crippen LogP contribution in [0, 0.1) is 0 Å². The molecule has 3 N–H and O–H groups in total. The molecule has 78 valence electrons. The van der Waals surface area contributed by atoms with Crippen molar-refractivity contribution in [3.8, 4) is 0 Å². The topological polar surface area (TPSA) is 81.4 Å². The molecule has 0 heterocycles. The summed E-state index contributed by atoms with van der Waals surface area (Å²) in [5.41, 5.74) is 5.38. The second kappa shape index (κ2) is 4.36. The Morgan fingerprint density at radius 1 is 1.62 bits per heavy atom. The van der Waals surface area contributed by atoms with Gasteiger partial charge in [0.15, 0.2) is 0 Å². The first-order valence-electron chi connectivity index (χ1n) is 4.30. The predicted octanol–water partition coefficient (Wildman–Crippen LogP) is -0.958. The van der Waals surface area contributed by atoms with Crippen LogP contribution in [0.1, 0.15) is 12.8 Å². The van der Waals surface area contributed by atoms with Crippen LogP contribution >= 0.6 is 0 Å². The number of nitrogens with one attached hydrogen (secondary N) is 1. The van der Waals surface area contributed by atoms with Gasteiger partial charge in [0.1, 0.15) is 0 Å². The van der Waals surface area contributed by atoms with E-state index in [4.69, 9.17) is 10.5 Å². The molecule has 1 aliphatic rings. The first kappa shape index (κ1) is 10.9. The van der Waals surface area contributed by atoms with Crippen LogP contribution in [0.2, 0.25) is 0 Å². The number of hydrogen-bond acceptors (Lipinski definition) is 4. The molecule has 1 fully saturated rings. The zero-order chi connectivity index (χ0) is 9.90. The number of methoxy groups -OCH3 is 1. The van der Waals surface area contributed by atoms with Crippen LogP contribution in [0.4, 0.5) is 0 Å². The minimum atomic E-state index is -3.13. The van der Waals surface area contributed by atoms with Gasteiger partial charge in [0.2, 0.25) is 10.0 Å². The van der Waals surface area contributed by atoms with Crippen molar-refractivity contribution in [3.05, 3.63) is 0 Å². The first-order valence-corrected chi connectivity index (χ1v) is 5.85. The lowest BCUT2D eigenvalue weighted by atomic mass is 10.3. The van der Waals surface area contributed by atoms with E-state index >= 15 is 0 Å². The van der Waals surface area contributed by atoms with Crippen molar-refractivity contribution in [2.45, 2.75) is 24.1 Å². The minimum absolute atomic E-state index is 0.196. The average Bonchev–Trinajstić information content (AvgIpc) is 2.85. The van der Waals surface area contributed by atoms with E-state index in [1.54, 1.807) is 0 Å². The molecule has 0 aromatic heterocycles. The zero-order valence-electron chi connectivity index (χ0n) is 7.69. The van der Waals surface area contributed by atoms with E-state index in [-0.39, 0.29) is 17.8 Å². The summed E-state index contributed by atoms with van der Waals surface area (Å²) < 4.78 is 30.2. The number of hydrogen-bond donors (Lipinski definition) is 2. The van der Waals surface area contributed by atoms with E-state index in [0.29, 0.717) is 6.61 Å². The van der Waals surface area contributed by atoms with Gasteiger partial charge < -0.3 is 10.5 Å². The van der Waals surface area contributed by atoms with Crippen molar-refractivity contribution < 1.29 is 13.2 Å². The first-order chi connectivity index (χ1) is 6.10. The van der Waals surface area contributed by atoms with E-state index in [9.17, 15) is 8.42 Å². The lowest BCUT2D eigenvalue weighted by Gasteiger charge is -2.15. The van der Waals surface area contributed by atoms with Gasteiger partial charge in [-0.15, -0.1) is 0 Å². The number of sulfonamides is 1. The van der Waals surface area contributed by atoms with E-state index in [2.05, 4.69) is 4.72 Å². The highest BCUT2D eigenvalue weighted by atomic mass is 32.2. The molecule has 0 aromatic carbocycles. The summed E-state index contributed by atoms with van der Waals surface area (Å²) in [4.78, 5) is 0. The number of nitrogens with two attached hydrogens (primary N) is 1. The molecule has 1 aliphatic carbocycles. The second-order valence-corrected chi connectivity index (χ2v) is 5.24. The molecular weight excluding hydrogens is 192 g/mol. The maximum atomic E-state index is 11.4. The Kier molecular flexibility index (Phi) is 3.66. The predicted molar refractivity (Wildman–Crippen MR) is 49.8 cm³/mol. The highest BCUT2D eigenvalue weighted by Gasteiger charge is 2.36. The third-order valence-corrected chi connectivity index (χ3v) is 3.96. The molecule has 0 aromatic rings. The van der Waals surface area contributed by atoms with Crippen LogP contribution in [-0.4, -0.2) is 40.0 Å². The molecule has 1 saturated carbocycles. The van der Waals surface area contributed by atoms with E-state index in [1.807, 2.05) is 0 Å². The molecule has 0 bridgehead atoms. The monoisotopic (exact) mass is 208 g/mol. The SMILES string of the molecule is COCC(CN)NS(=O)(=O)C1CC1. The summed E-state index contributed by atoms with van der Waals surface area (Å²) in [6.07, 6.45) is 1.53. The lowest BCUT2D eigenvalue weighted by Crippen LogP contribution is -2.44. The van der Waals surface area contributed by atoms with Gasteiger partial charge in [0.25, 0.3) is 0 Å². The van der Waals surface area contributed by atoms with Gasteiger partial charge in [0.05, 0.1) is 17.9 Å². The summed E-state index contributed by atoms with van der Waals surface area (Å²) in [6.45, 7) is 0.586. The van der Waals surface area contributed by atoms with Crippen LogP contribution in [0.5, 0.6) is 0 Å². The van der Waals surface area contributed by atoms with E-state index in [0.717, 1.165) is 12.8 Å². The quantitative estimate of drug-likeness (QED) is 0.589. The minimum Gasteiger partial charge on any atom is -0.383 e. The van der Waals surface area contributed by atoms with Crippen molar-refractivity contribution in [1.82, 2.24) is 4.72 Å². The Balaban J connectivity index is 2.44. The molecule has 5 nitrogen and oxygen atoms in total. The third-order valence-electron chi connectivity index (χ3n) is 1.95. The van der Waals surface area contributed by atoms with Crippen molar-refractivity contribution in [3.63, 3.8) is 0 Å². The smallest absolute Gasteiger partial charge is 0.214 e. The van der Waals surface area contributed by atoms with E-state index < -0.39 is 10.0 Å². The molecule has 0 amide bonds. The van der Waals surface area contributed by atoms with Crippen molar-refractivity contribution in [2.75, 3.05) is 20.3 Å². The molecule has 6 heteroatoms. The van der Waals surface area contributed by atoms with Crippen molar-refractivity contribution >= 4 is 10.0 Å². The Morgan fingerprint density at radius 3 is 2.62 bits per heavy atom. The third kappa shape index (κ3) is 3.22. The van der Waals surface area contributed by atoms with Crippen molar-refractivity contribution in [1.29, 1.82) is 0 Å². The van der Waals surface area contributed by atoms with Crippen LogP contribution in [0.25, 0.3) is 0 Å². The summed E-state index contributed by atoms with van der Waals surface area (Å²) >= 11 is 0. The van der Waals surface area contributed by atoms with Gasteiger partial charge in [-0.05, 0) is 12.8 Å². The molecule has 1 rings (SSSR count). The van der Waals surface area contributed by atoms with Gasteiger partial charge in [-0.25, -0.2) is 13.1 Å². The van der Waals surface area contributed by atoms with E-state index in [1.165, 1.54) is 7.11 Å². The fourth-order valence-electron chi connectivity index (χ4n) is 1.06. The number of rotatable bonds is 6. The fraction of sp³-hybridized carbons (Fsp3) is 1.00. The summed E-state index contributed by atoms with van der Waals surface area (Å²) in [5.74, 6) is 0. The van der Waals surface area contributed by atoms with Crippen LogP contribution in [0.3, 0.4) is 0 Å². The Labute approximate surface area is 78.7 Å². The van der Waals surface area contributed by atoms with Crippen LogP contribution in [-0.2, 0) is 14.8 Å². The molecular formula is C7H16N2O3S. The van der Waals surface area contributed by atoms with Gasteiger partial charge in [-0.3, -0.25) is 0 Å². The highest BCUT2D eigenvalue weighted by molar-refractivity contribution is 7.90. The Morgan fingerprint density at radius 2 is 2.23 bits per heavy atom. The maximum Gasteiger partial charge on any atom is 0.214 e. The standard InChI is InChI=1S/C7H16N2O3S/c1-12-5-6(4-8)9-13(10,11)7-2-3-7/h6-7,9H,2-5,8H2,1H3. The summed E-state index contributed by atoms with van der Waals surface area (Å²) in [5, 5.41) is -0.196. The molecule has 1 atom stereocenters. The largest absolute Gasteiger partial charge is 0.383 e. The van der Waals surface area contributed by atoms with Gasteiger partial charge in [-0.2, -0.15) is 0 Å². The van der Waals surface area contributed by atoms with Crippen molar-refractivity contribution in [2.24, 2.45) is 5.73 Å². The van der Waals surface area contributed by atoms with Gasteiger partial charge >= 0.3 is 0 Å². The fourth-order valence-corrected chi connectivity index (χ4v) is 2.64. The van der Waals surface area contributed by atoms with Crippen LogP contribution < -0.4 is 10.5 Å². The molecule has 13 heavy (non-hydrogen) atoms. The average molecular weight is 208 g/mol. The van der Waals surface area contributed by atoms with Gasteiger partial charge in [-0.1, -0.05) is 0 Å². The molecule has 0 radical (unpaired) electrons. The number of ether oxygens (including phenoxy) is 1. The lowest BCUT2D eigenvalue weighted by molar-refractivity contribution is 0.177. The normalized spacial score (nSPS) is 20.2. The molecule has 1 unspecified atom stereocenters. The molecule has 0 aliphatic heterocycles. The van der Waals surface area contributed by atoms with Crippen LogP contribution in [0.15, 0.2) is 0 Å². The molecule has 0 saturated heterocycles. The summed E-state index contributed by atoms with van der Waals surface area (Å²) in [7, 11) is -1.61. The highest BCUT2D eigenvalue weighted by Crippen LogP contribution is 2.27. The Bertz CT molecular complexity index is 248. The summed E-state index contributed by atoms with van der Waals surface area (Å²) in [6, 6.07) is -0.296. The zero-order valence-corrected chi connectivity index (χ0v) is 8.51.